The second-order valence-corrected chi connectivity index (χ2v) is 3.74. The number of amides is 1. The number of hydrogen-bond acceptors (Lipinski definition) is 6. The number of aliphatic carboxylic acids is 1. The lowest BCUT2D eigenvalue weighted by atomic mass is 10.1. The van der Waals surface area contributed by atoms with Crippen LogP contribution < -0.4 is 5.32 Å². The third kappa shape index (κ3) is 1.33. The maximum Gasteiger partial charge on any atom is 0.319 e. The van der Waals surface area contributed by atoms with Crippen molar-refractivity contribution in [2.45, 2.75) is 12.8 Å². The monoisotopic (exact) mass is 214 g/mol. The molecule has 2 rings (SSSR count). The van der Waals surface area contributed by atoms with Crippen LogP contribution in [-0.4, -0.2) is 31.8 Å². The number of nitrogens with one attached hydrogen (secondary N) is 1. The van der Waals surface area contributed by atoms with E-state index in [0.717, 1.165) is 11.5 Å². The average Bonchev–Trinajstić information content (AvgIpc) is 2.81. The van der Waals surface area contributed by atoms with Crippen LogP contribution in [0.2, 0.25) is 0 Å². The first-order chi connectivity index (χ1) is 6.65. The van der Waals surface area contributed by atoms with Crippen molar-refractivity contribution in [1.29, 1.82) is 0 Å². The molecule has 0 saturated heterocycles. The lowest BCUT2D eigenvalue weighted by molar-refractivity contribution is -0.147. The summed E-state index contributed by atoms with van der Waals surface area (Å²) >= 11 is 0.910. The molecule has 2 N–H and O–H groups in total. The Kier molecular flexibility index (Phi) is 1.92. The predicted octanol–water partition coefficient (Wildman–Crippen LogP) is -0.264. The molecule has 0 atom stereocenters. The molecule has 0 aromatic carbocycles. The number of carboxylic acid groups (broad SMARTS) is 1. The molecule has 1 fully saturated rings. The van der Waals surface area contributed by atoms with Gasteiger partial charge in [0.1, 0.15) is 5.41 Å². The number of rotatable bonds is 3. The van der Waals surface area contributed by atoms with E-state index in [-0.39, 0.29) is 5.13 Å². The largest absolute Gasteiger partial charge is 0.480 e. The second kappa shape index (κ2) is 2.98. The number of carbonyl (C=O) groups is 2. The van der Waals surface area contributed by atoms with Gasteiger partial charge in [0.25, 0.3) is 0 Å². The van der Waals surface area contributed by atoms with Gasteiger partial charge in [0.2, 0.25) is 11.0 Å². The molecule has 74 valence electrons. The first-order valence-electron chi connectivity index (χ1n) is 3.85. The van der Waals surface area contributed by atoms with Gasteiger partial charge in [-0.15, -0.1) is 0 Å². The van der Waals surface area contributed by atoms with Crippen LogP contribution in [0.25, 0.3) is 0 Å². The van der Waals surface area contributed by atoms with Gasteiger partial charge in [-0.05, 0) is 18.1 Å². The smallest absolute Gasteiger partial charge is 0.319 e. The highest BCUT2D eigenvalue weighted by atomic mass is 32.1. The summed E-state index contributed by atoms with van der Waals surface area (Å²) in [6, 6.07) is 0. The van der Waals surface area contributed by atoms with Crippen LogP contribution in [0.4, 0.5) is 5.13 Å². The Morgan fingerprint density at radius 2 is 2.21 bits per heavy atom. The van der Waals surface area contributed by atoms with E-state index in [9.17, 15) is 9.59 Å². The standard InChI is InChI=1S/C6H6N4O3S/c11-3(6(1-2-6)4(12)13)7-5-8-9-10-14-5/h1-2H2,(H,12,13)(H,7,8,10,11). The van der Waals surface area contributed by atoms with Crippen LogP contribution >= 0.6 is 11.5 Å². The number of carbonyl (C=O) groups excluding carboxylic acids is 1. The summed E-state index contributed by atoms with van der Waals surface area (Å²) in [5.74, 6) is -1.63. The minimum absolute atomic E-state index is 0.225. The molecule has 1 saturated carbocycles. The molecule has 1 amide bonds. The van der Waals surface area contributed by atoms with E-state index in [1.54, 1.807) is 0 Å². The molecule has 1 heterocycles. The van der Waals surface area contributed by atoms with E-state index in [0.29, 0.717) is 12.8 Å². The molecule has 0 bridgehead atoms. The van der Waals surface area contributed by atoms with E-state index < -0.39 is 17.3 Å². The molecule has 0 aliphatic heterocycles. The first-order valence-corrected chi connectivity index (χ1v) is 4.62. The lowest BCUT2D eigenvalue weighted by Gasteiger charge is -2.06. The minimum atomic E-state index is -1.24. The summed E-state index contributed by atoms with van der Waals surface area (Å²) in [6.07, 6.45) is 0.751. The van der Waals surface area contributed by atoms with Crippen molar-refractivity contribution in [2.75, 3.05) is 5.32 Å². The molecule has 8 heteroatoms. The summed E-state index contributed by atoms with van der Waals surface area (Å²) in [5.41, 5.74) is -1.24. The Labute approximate surface area is 82.3 Å². The van der Waals surface area contributed by atoms with Crippen molar-refractivity contribution < 1.29 is 14.7 Å². The Balaban J connectivity index is 2.07. The number of carboxylic acids is 1. The maximum atomic E-state index is 11.5. The van der Waals surface area contributed by atoms with E-state index in [1.807, 2.05) is 0 Å². The van der Waals surface area contributed by atoms with E-state index in [4.69, 9.17) is 5.11 Å². The summed E-state index contributed by atoms with van der Waals surface area (Å²) < 4.78 is 3.44. The lowest BCUT2D eigenvalue weighted by Crippen LogP contribution is -2.31. The highest BCUT2D eigenvalue weighted by molar-refractivity contribution is 7.09. The quantitative estimate of drug-likeness (QED) is 0.671. The van der Waals surface area contributed by atoms with Crippen LogP contribution in [0.1, 0.15) is 12.8 Å². The van der Waals surface area contributed by atoms with Gasteiger partial charge >= 0.3 is 5.97 Å². The maximum absolute atomic E-state index is 11.5. The van der Waals surface area contributed by atoms with Gasteiger partial charge in [0, 0.05) is 11.5 Å². The zero-order valence-electron chi connectivity index (χ0n) is 6.93. The predicted molar refractivity (Wildman–Crippen MR) is 45.6 cm³/mol. The molecule has 1 aliphatic rings. The van der Waals surface area contributed by atoms with Gasteiger partial charge in [-0.2, -0.15) is 0 Å². The normalized spacial score (nSPS) is 17.4. The minimum Gasteiger partial charge on any atom is -0.480 e. The molecule has 1 aromatic rings. The summed E-state index contributed by atoms with van der Waals surface area (Å²) in [6.45, 7) is 0. The summed E-state index contributed by atoms with van der Waals surface area (Å²) in [4.78, 5) is 22.2. The first kappa shape index (κ1) is 9.00. The molecular formula is C6H6N4O3S. The van der Waals surface area contributed by atoms with Crippen LogP contribution in [-0.2, 0) is 9.59 Å². The van der Waals surface area contributed by atoms with Crippen LogP contribution in [0.15, 0.2) is 0 Å². The molecule has 14 heavy (non-hydrogen) atoms. The van der Waals surface area contributed by atoms with Crippen LogP contribution in [0.5, 0.6) is 0 Å². The molecule has 1 aromatic heterocycles. The number of nitrogens with zero attached hydrogens (tertiary/aromatic N) is 3. The van der Waals surface area contributed by atoms with E-state index in [1.165, 1.54) is 0 Å². The fourth-order valence-electron chi connectivity index (χ4n) is 1.06. The highest BCUT2D eigenvalue weighted by Gasteiger charge is 2.57. The molecule has 0 spiro atoms. The Bertz CT molecular complexity index is 372. The van der Waals surface area contributed by atoms with E-state index in [2.05, 4.69) is 20.1 Å². The van der Waals surface area contributed by atoms with Gasteiger partial charge in [-0.3, -0.25) is 14.9 Å². The SMILES string of the molecule is O=C(O)C1(C(=O)Nc2nnns2)CC1. The van der Waals surface area contributed by atoms with Gasteiger partial charge in [-0.25, -0.2) is 0 Å². The summed E-state index contributed by atoms with van der Waals surface area (Å²) in [7, 11) is 0. The van der Waals surface area contributed by atoms with Crippen LogP contribution in [0, 0.1) is 5.41 Å². The van der Waals surface area contributed by atoms with Gasteiger partial charge in [-0.1, -0.05) is 9.59 Å². The van der Waals surface area contributed by atoms with Crippen molar-refractivity contribution in [1.82, 2.24) is 14.8 Å². The van der Waals surface area contributed by atoms with E-state index >= 15 is 0 Å². The van der Waals surface area contributed by atoms with Crippen molar-refractivity contribution in [3.05, 3.63) is 0 Å². The third-order valence-corrected chi connectivity index (χ3v) is 2.63. The van der Waals surface area contributed by atoms with Crippen molar-refractivity contribution >= 4 is 28.5 Å². The van der Waals surface area contributed by atoms with Gasteiger partial charge < -0.3 is 5.11 Å². The number of anilines is 1. The molecule has 7 nitrogen and oxygen atoms in total. The third-order valence-electron chi connectivity index (χ3n) is 2.11. The molecular weight excluding hydrogens is 208 g/mol. The number of hydrogen-bond donors (Lipinski definition) is 2. The average molecular weight is 214 g/mol. The molecule has 1 aliphatic carbocycles. The molecule has 0 unspecified atom stereocenters. The van der Waals surface area contributed by atoms with Crippen molar-refractivity contribution in [3.63, 3.8) is 0 Å². The summed E-state index contributed by atoms with van der Waals surface area (Å²) in [5, 5.41) is 18.2. The Morgan fingerprint density at radius 3 is 2.64 bits per heavy atom. The number of aromatic nitrogens is 3. The zero-order chi connectivity index (χ0) is 10.2. The molecule has 0 radical (unpaired) electrons. The van der Waals surface area contributed by atoms with Crippen molar-refractivity contribution in [2.24, 2.45) is 5.41 Å². The fourth-order valence-corrected chi connectivity index (χ4v) is 1.42. The Morgan fingerprint density at radius 1 is 1.50 bits per heavy atom. The fraction of sp³-hybridized carbons (Fsp3) is 0.500. The van der Waals surface area contributed by atoms with Crippen LogP contribution in [0.3, 0.4) is 0 Å². The van der Waals surface area contributed by atoms with Gasteiger partial charge in [0.15, 0.2) is 0 Å². The topological polar surface area (TPSA) is 105 Å². The van der Waals surface area contributed by atoms with Crippen molar-refractivity contribution in [3.8, 4) is 0 Å². The Hall–Kier alpha value is -1.57. The zero-order valence-corrected chi connectivity index (χ0v) is 7.74. The second-order valence-electron chi connectivity index (χ2n) is 3.01. The highest BCUT2D eigenvalue weighted by Crippen LogP contribution is 2.46. The van der Waals surface area contributed by atoms with Gasteiger partial charge in [0.05, 0.1) is 0 Å².